The van der Waals surface area contributed by atoms with Crippen molar-refractivity contribution in [2.45, 2.75) is 70.4 Å². The molecule has 0 aromatic heterocycles. The van der Waals surface area contributed by atoms with E-state index in [0.717, 1.165) is 0 Å². The fourth-order valence-electron chi connectivity index (χ4n) is 2.72. The summed E-state index contributed by atoms with van der Waals surface area (Å²) in [4.78, 5) is 0. The fraction of sp³-hybridized carbons (Fsp3) is 1.00. The Morgan fingerprint density at radius 1 is 1.29 bits per heavy atom. The van der Waals surface area contributed by atoms with Crippen molar-refractivity contribution in [3.05, 3.63) is 0 Å². The highest BCUT2D eigenvalue weighted by Crippen LogP contribution is 2.44. The first-order valence-corrected chi connectivity index (χ1v) is 5.88. The third-order valence-electron chi connectivity index (χ3n) is 3.33. The van der Waals surface area contributed by atoms with Crippen LogP contribution in [0.4, 0.5) is 13.2 Å². The van der Waals surface area contributed by atoms with Crippen LogP contribution in [0.2, 0.25) is 0 Å². The summed E-state index contributed by atoms with van der Waals surface area (Å²) in [6.45, 7) is 7.43. The van der Waals surface area contributed by atoms with Crippen molar-refractivity contribution < 1.29 is 23.0 Å². The molecule has 5 heteroatoms. The predicted molar refractivity (Wildman–Crippen MR) is 58.6 cm³/mol. The molecule has 102 valence electrons. The number of ether oxygens (including phenoxy) is 1. The molecule has 1 rings (SSSR count). The number of halogens is 3. The topological polar surface area (TPSA) is 29.5 Å². The molecule has 0 amide bonds. The van der Waals surface area contributed by atoms with Crippen molar-refractivity contribution in [1.82, 2.24) is 0 Å². The number of rotatable bonds is 3. The highest BCUT2D eigenvalue weighted by Gasteiger charge is 2.49. The van der Waals surface area contributed by atoms with Gasteiger partial charge in [-0.25, -0.2) is 0 Å². The molecule has 0 bridgehead atoms. The molecule has 2 nitrogen and oxygen atoms in total. The summed E-state index contributed by atoms with van der Waals surface area (Å²) in [6, 6.07) is 0. The summed E-state index contributed by atoms with van der Waals surface area (Å²) < 4.78 is 42.1. The maximum absolute atomic E-state index is 12.1. The number of hydrogen-bond acceptors (Lipinski definition) is 2. The van der Waals surface area contributed by atoms with Crippen molar-refractivity contribution in [2.24, 2.45) is 5.92 Å². The summed E-state index contributed by atoms with van der Waals surface area (Å²) in [5.74, 6) is -0.250. The van der Waals surface area contributed by atoms with Gasteiger partial charge in [0.15, 0.2) is 0 Å². The van der Waals surface area contributed by atoms with E-state index >= 15 is 0 Å². The Morgan fingerprint density at radius 3 is 2.18 bits per heavy atom. The van der Waals surface area contributed by atoms with Crippen LogP contribution in [0.3, 0.4) is 0 Å². The van der Waals surface area contributed by atoms with Crippen LogP contribution in [0.1, 0.15) is 47.0 Å². The lowest BCUT2D eigenvalue weighted by atomic mass is 9.81. The van der Waals surface area contributed by atoms with Gasteiger partial charge in [-0.3, -0.25) is 0 Å². The molecule has 0 spiro atoms. The van der Waals surface area contributed by atoms with Gasteiger partial charge < -0.3 is 9.84 Å². The van der Waals surface area contributed by atoms with E-state index in [1.807, 2.05) is 27.7 Å². The van der Waals surface area contributed by atoms with Gasteiger partial charge in [-0.15, -0.1) is 0 Å². The molecule has 1 aliphatic heterocycles. The molecule has 1 aliphatic rings. The number of aliphatic hydroxyl groups is 1. The van der Waals surface area contributed by atoms with Gasteiger partial charge >= 0.3 is 6.18 Å². The minimum Gasteiger partial charge on any atom is -0.393 e. The SMILES string of the molecule is CC1(C)CC(C(O)CCC(F)(F)F)C(C)(C)O1. The van der Waals surface area contributed by atoms with E-state index in [0.29, 0.717) is 6.42 Å². The number of aliphatic hydroxyl groups excluding tert-OH is 1. The zero-order valence-corrected chi connectivity index (χ0v) is 10.8. The zero-order valence-electron chi connectivity index (χ0n) is 10.8. The first-order chi connectivity index (χ1) is 7.43. The summed E-state index contributed by atoms with van der Waals surface area (Å²) >= 11 is 0. The van der Waals surface area contributed by atoms with Gasteiger partial charge in [-0.1, -0.05) is 0 Å². The summed E-state index contributed by atoms with van der Waals surface area (Å²) in [5, 5.41) is 9.90. The van der Waals surface area contributed by atoms with Crippen LogP contribution < -0.4 is 0 Å². The molecular weight excluding hydrogens is 233 g/mol. The van der Waals surface area contributed by atoms with Gasteiger partial charge in [0, 0.05) is 12.3 Å². The van der Waals surface area contributed by atoms with Crippen LogP contribution in [-0.2, 0) is 4.74 Å². The molecule has 1 fully saturated rings. The van der Waals surface area contributed by atoms with Gasteiger partial charge in [0.2, 0.25) is 0 Å². The van der Waals surface area contributed by atoms with E-state index in [2.05, 4.69) is 0 Å². The highest BCUT2D eigenvalue weighted by molar-refractivity contribution is 4.97. The monoisotopic (exact) mass is 254 g/mol. The van der Waals surface area contributed by atoms with Crippen LogP contribution in [-0.4, -0.2) is 28.6 Å². The minimum absolute atomic E-state index is 0.250. The van der Waals surface area contributed by atoms with Gasteiger partial charge in [0.05, 0.1) is 17.3 Å². The lowest BCUT2D eigenvalue weighted by Gasteiger charge is -2.30. The van der Waals surface area contributed by atoms with E-state index in [4.69, 9.17) is 4.74 Å². The Bertz CT molecular complexity index is 271. The predicted octanol–water partition coefficient (Wildman–Crippen LogP) is 3.28. The van der Waals surface area contributed by atoms with Crippen molar-refractivity contribution in [2.75, 3.05) is 0 Å². The molecular formula is C12H21F3O2. The Labute approximate surface area is 100 Å². The van der Waals surface area contributed by atoms with Crippen LogP contribution in [0, 0.1) is 5.92 Å². The highest BCUT2D eigenvalue weighted by atomic mass is 19.4. The molecule has 2 atom stereocenters. The second-order valence-electron chi connectivity index (χ2n) is 6.00. The Balaban J connectivity index is 2.61. The fourth-order valence-corrected chi connectivity index (χ4v) is 2.72. The van der Waals surface area contributed by atoms with E-state index in [-0.39, 0.29) is 17.9 Å². The second-order valence-corrected chi connectivity index (χ2v) is 6.00. The summed E-state index contributed by atoms with van der Waals surface area (Å²) in [7, 11) is 0. The van der Waals surface area contributed by atoms with Crippen LogP contribution in [0.15, 0.2) is 0 Å². The smallest absolute Gasteiger partial charge is 0.389 e. The van der Waals surface area contributed by atoms with Crippen LogP contribution in [0.25, 0.3) is 0 Å². The molecule has 1 saturated heterocycles. The number of alkyl halides is 3. The van der Waals surface area contributed by atoms with E-state index in [1.165, 1.54) is 0 Å². The molecule has 2 unspecified atom stereocenters. The van der Waals surface area contributed by atoms with Gasteiger partial charge in [0.1, 0.15) is 0 Å². The average molecular weight is 254 g/mol. The maximum Gasteiger partial charge on any atom is 0.389 e. The Morgan fingerprint density at radius 2 is 1.82 bits per heavy atom. The first kappa shape index (κ1) is 14.8. The molecule has 0 aliphatic carbocycles. The lowest BCUT2D eigenvalue weighted by Crippen LogP contribution is -2.36. The van der Waals surface area contributed by atoms with Crippen molar-refractivity contribution >= 4 is 0 Å². The molecule has 0 radical (unpaired) electrons. The van der Waals surface area contributed by atoms with Gasteiger partial charge in [-0.05, 0) is 40.5 Å². The molecule has 17 heavy (non-hydrogen) atoms. The van der Waals surface area contributed by atoms with Gasteiger partial charge in [-0.2, -0.15) is 13.2 Å². The summed E-state index contributed by atoms with van der Waals surface area (Å²) in [6.07, 6.45) is -5.79. The maximum atomic E-state index is 12.1. The molecule has 1 N–H and O–H groups in total. The number of hydrogen-bond donors (Lipinski definition) is 1. The van der Waals surface area contributed by atoms with Crippen molar-refractivity contribution in [1.29, 1.82) is 0 Å². The Kier molecular flexibility index (Phi) is 3.85. The molecule has 1 heterocycles. The largest absolute Gasteiger partial charge is 0.393 e. The lowest BCUT2D eigenvalue weighted by molar-refractivity contribution is -0.144. The van der Waals surface area contributed by atoms with Crippen LogP contribution in [0.5, 0.6) is 0 Å². The van der Waals surface area contributed by atoms with Crippen LogP contribution >= 0.6 is 0 Å². The third-order valence-corrected chi connectivity index (χ3v) is 3.33. The quantitative estimate of drug-likeness (QED) is 0.837. The Hall–Kier alpha value is -0.290. The third kappa shape index (κ3) is 4.14. The normalized spacial score (nSPS) is 29.3. The second kappa shape index (κ2) is 4.43. The summed E-state index contributed by atoms with van der Waals surface area (Å²) in [5.41, 5.74) is -0.956. The first-order valence-electron chi connectivity index (χ1n) is 5.88. The van der Waals surface area contributed by atoms with E-state index < -0.39 is 24.3 Å². The van der Waals surface area contributed by atoms with E-state index in [1.54, 1.807) is 0 Å². The molecule has 0 saturated carbocycles. The standard InChI is InChI=1S/C12H21F3O2/c1-10(2)7-8(11(3,4)17-10)9(16)5-6-12(13,14)15/h8-9,16H,5-7H2,1-4H3. The molecule has 0 aromatic carbocycles. The van der Waals surface area contributed by atoms with E-state index in [9.17, 15) is 18.3 Å². The minimum atomic E-state index is -4.21. The zero-order chi connectivity index (χ0) is 13.5. The van der Waals surface area contributed by atoms with Gasteiger partial charge in [0.25, 0.3) is 0 Å². The van der Waals surface area contributed by atoms with Crippen molar-refractivity contribution in [3.8, 4) is 0 Å². The molecule has 0 aromatic rings. The van der Waals surface area contributed by atoms with Crippen molar-refractivity contribution in [3.63, 3.8) is 0 Å². The average Bonchev–Trinajstić information content (AvgIpc) is 2.29.